The predicted octanol–water partition coefficient (Wildman–Crippen LogP) is 1.46. The van der Waals surface area contributed by atoms with Crippen molar-refractivity contribution in [2.75, 3.05) is 47.3 Å². The van der Waals surface area contributed by atoms with Gasteiger partial charge in [-0.1, -0.05) is 6.08 Å². The fourth-order valence-corrected chi connectivity index (χ4v) is 3.57. The number of allylic oxidation sites excluding steroid dienone is 5. The summed E-state index contributed by atoms with van der Waals surface area (Å²) in [6, 6.07) is 5.48. The third kappa shape index (κ3) is 3.19. The zero-order valence-corrected chi connectivity index (χ0v) is 17.1. The molecule has 0 spiro atoms. The van der Waals surface area contributed by atoms with Crippen LogP contribution in [0.4, 0.5) is 5.69 Å². The van der Waals surface area contributed by atoms with Gasteiger partial charge in [0, 0.05) is 61.0 Å². The van der Waals surface area contributed by atoms with E-state index in [-0.39, 0.29) is 23.0 Å². The molecule has 0 fully saturated rings. The van der Waals surface area contributed by atoms with E-state index in [4.69, 9.17) is 9.47 Å². The van der Waals surface area contributed by atoms with Gasteiger partial charge in [-0.05, 0) is 12.1 Å². The molecule has 0 aromatic heterocycles. The molecule has 0 amide bonds. The number of benzene rings is 1. The van der Waals surface area contributed by atoms with Crippen molar-refractivity contribution in [1.82, 2.24) is 0 Å². The lowest BCUT2D eigenvalue weighted by molar-refractivity contribution is -0.462. The number of hydrogen-bond acceptors (Lipinski definition) is 5. The predicted molar refractivity (Wildman–Crippen MR) is 108 cm³/mol. The molecule has 1 aromatic rings. The van der Waals surface area contributed by atoms with Crippen LogP contribution in [0.5, 0.6) is 5.75 Å². The Labute approximate surface area is 165 Å². The molecule has 1 aromatic carbocycles. The van der Waals surface area contributed by atoms with E-state index in [0.29, 0.717) is 17.1 Å². The molecule has 2 aliphatic rings. The number of Topliss-reactive ketones (excluding diaryl/α,β-unsaturated/α-hetero) is 1. The van der Waals surface area contributed by atoms with Gasteiger partial charge in [-0.2, -0.15) is 0 Å². The Morgan fingerprint density at radius 2 is 1.86 bits per heavy atom. The number of anilines is 1. The molecule has 2 atom stereocenters. The highest BCUT2D eigenvalue weighted by Gasteiger charge is 2.42. The van der Waals surface area contributed by atoms with E-state index in [1.807, 2.05) is 68.0 Å². The zero-order chi connectivity index (χ0) is 20.6. The Hall–Kier alpha value is -3.02. The zero-order valence-electron chi connectivity index (χ0n) is 17.1. The van der Waals surface area contributed by atoms with E-state index in [2.05, 4.69) is 0 Å². The number of nitrogens with zero attached hydrogens (tertiary/aromatic N) is 2. The molecule has 0 aliphatic heterocycles. The molecule has 2 aliphatic carbocycles. The smallest absolute Gasteiger partial charge is 0.202 e. The molecule has 28 heavy (non-hydrogen) atoms. The van der Waals surface area contributed by atoms with Crippen molar-refractivity contribution in [3.05, 3.63) is 53.5 Å². The Morgan fingerprint density at radius 3 is 2.39 bits per heavy atom. The Morgan fingerprint density at radius 1 is 1.14 bits per heavy atom. The van der Waals surface area contributed by atoms with Crippen LogP contribution in [0.3, 0.4) is 0 Å². The van der Waals surface area contributed by atoms with E-state index < -0.39 is 5.92 Å². The molecule has 148 valence electrons. The average Bonchev–Trinajstić information content (AvgIpc) is 2.68. The first-order chi connectivity index (χ1) is 13.3. The monoisotopic (exact) mass is 382 g/mol. The van der Waals surface area contributed by atoms with E-state index in [0.717, 1.165) is 11.4 Å². The van der Waals surface area contributed by atoms with Crippen molar-refractivity contribution >= 4 is 22.8 Å². The van der Waals surface area contributed by atoms with Crippen molar-refractivity contribution in [2.24, 2.45) is 11.8 Å². The standard InChI is InChI=1S/C22H26N2O4/c1-23(2)13-7-9-15(17(11-13)27-5)19-21(25)20(22(19)26)16-10-8-14(24(3)4)12-18(16)28-6/h7-12,15,19H,1-6H3. The quantitative estimate of drug-likeness (QED) is 0.722. The lowest BCUT2D eigenvalue weighted by Crippen LogP contribution is -2.42. The van der Waals surface area contributed by atoms with Crippen molar-refractivity contribution in [2.45, 2.75) is 0 Å². The molecular formula is C22H26N2O4. The maximum absolute atomic E-state index is 13.0. The maximum atomic E-state index is 13.0. The minimum absolute atomic E-state index is 0.174. The fourth-order valence-electron chi connectivity index (χ4n) is 3.57. The summed E-state index contributed by atoms with van der Waals surface area (Å²) >= 11 is 0. The third-order valence-electron chi connectivity index (χ3n) is 5.23. The van der Waals surface area contributed by atoms with E-state index in [9.17, 15) is 9.90 Å². The van der Waals surface area contributed by atoms with Gasteiger partial charge in [0.1, 0.15) is 25.6 Å². The van der Waals surface area contributed by atoms with Gasteiger partial charge in [-0.25, -0.2) is 4.58 Å². The van der Waals surface area contributed by atoms with E-state index in [1.54, 1.807) is 13.2 Å². The number of methoxy groups -OCH3 is 2. The number of rotatable bonds is 5. The van der Waals surface area contributed by atoms with Crippen molar-refractivity contribution in [3.8, 4) is 5.75 Å². The van der Waals surface area contributed by atoms with E-state index in [1.165, 1.54) is 7.11 Å². The topological polar surface area (TPSA) is 64.8 Å². The summed E-state index contributed by atoms with van der Waals surface area (Å²) in [5, 5.41) is 13.0. The van der Waals surface area contributed by atoms with Crippen LogP contribution in [0.25, 0.3) is 5.57 Å². The molecule has 0 saturated carbocycles. The van der Waals surface area contributed by atoms with Crippen LogP contribution in [-0.4, -0.2) is 58.5 Å². The number of carbonyl (C=O) groups is 1. The second kappa shape index (κ2) is 7.54. The molecule has 3 rings (SSSR count). The number of ether oxygens (including phenoxy) is 2. The average molecular weight is 382 g/mol. The molecule has 0 N–H and O–H groups in total. The molecule has 0 radical (unpaired) electrons. The number of carbonyl (C=O) groups excluding carboxylic acids is 1. The summed E-state index contributed by atoms with van der Waals surface area (Å²) < 4.78 is 12.9. The van der Waals surface area contributed by atoms with Gasteiger partial charge >= 0.3 is 0 Å². The fraction of sp³-hybridized carbons (Fsp3) is 0.364. The van der Waals surface area contributed by atoms with Crippen LogP contribution in [0.1, 0.15) is 5.56 Å². The minimum atomic E-state index is -0.751. The van der Waals surface area contributed by atoms with Gasteiger partial charge < -0.3 is 19.5 Å². The Balaban J connectivity index is 1.98. The Bertz CT molecular complexity index is 934. The molecular weight excluding hydrogens is 356 g/mol. The van der Waals surface area contributed by atoms with Crippen LogP contribution in [0, 0.1) is 11.8 Å². The second-order valence-corrected chi connectivity index (χ2v) is 7.32. The van der Waals surface area contributed by atoms with Crippen LogP contribution >= 0.6 is 0 Å². The lowest BCUT2D eigenvalue weighted by atomic mass is 9.70. The summed E-state index contributed by atoms with van der Waals surface area (Å²) in [7, 11) is 10.8. The van der Waals surface area contributed by atoms with Crippen molar-refractivity contribution < 1.29 is 24.0 Å². The van der Waals surface area contributed by atoms with E-state index >= 15 is 0 Å². The summed E-state index contributed by atoms with van der Waals surface area (Å²) in [5.41, 5.74) is 2.64. The largest absolute Gasteiger partial charge is 0.874 e. The maximum Gasteiger partial charge on any atom is 0.202 e. The third-order valence-corrected chi connectivity index (χ3v) is 5.23. The minimum Gasteiger partial charge on any atom is -0.874 e. The SMILES string of the molecule is COC1=CC(=[N+](C)C)C=CC1C1C(=O)C(c2ccc(N(C)C)cc2OC)=C1[O-]. The Kier molecular flexibility index (Phi) is 5.31. The first kappa shape index (κ1) is 19.7. The van der Waals surface area contributed by atoms with Crippen LogP contribution < -0.4 is 14.7 Å². The first-order valence-electron chi connectivity index (χ1n) is 9.09. The van der Waals surface area contributed by atoms with Gasteiger partial charge in [0.25, 0.3) is 0 Å². The van der Waals surface area contributed by atoms with Gasteiger partial charge in [-0.3, -0.25) is 4.79 Å². The highest BCUT2D eigenvalue weighted by molar-refractivity contribution is 6.30. The van der Waals surface area contributed by atoms with Gasteiger partial charge in [0.15, 0.2) is 5.78 Å². The van der Waals surface area contributed by atoms with Gasteiger partial charge in [-0.15, -0.1) is 5.76 Å². The first-order valence-corrected chi connectivity index (χ1v) is 9.09. The highest BCUT2D eigenvalue weighted by Crippen LogP contribution is 2.45. The van der Waals surface area contributed by atoms with Crippen LogP contribution in [0.2, 0.25) is 0 Å². The highest BCUT2D eigenvalue weighted by atomic mass is 16.5. The van der Waals surface area contributed by atoms with Crippen molar-refractivity contribution in [3.63, 3.8) is 0 Å². The molecule has 2 unspecified atom stereocenters. The lowest BCUT2D eigenvalue weighted by Gasteiger charge is -2.41. The summed E-state index contributed by atoms with van der Waals surface area (Å²) in [6.45, 7) is 0. The van der Waals surface area contributed by atoms with Gasteiger partial charge in [0.05, 0.1) is 14.2 Å². The molecule has 6 nitrogen and oxygen atoms in total. The van der Waals surface area contributed by atoms with Gasteiger partial charge in [0.2, 0.25) is 5.71 Å². The molecule has 0 heterocycles. The molecule has 0 saturated heterocycles. The number of ketones is 1. The molecule has 6 heteroatoms. The summed E-state index contributed by atoms with van der Waals surface area (Å²) in [4.78, 5) is 14.9. The normalized spacial score (nSPS) is 21.3. The summed E-state index contributed by atoms with van der Waals surface area (Å²) in [6.07, 6.45) is 5.66. The van der Waals surface area contributed by atoms with Crippen LogP contribution in [-0.2, 0) is 9.53 Å². The van der Waals surface area contributed by atoms with Crippen molar-refractivity contribution in [1.29, 1.82) is 0 Å². The second-order valence-electron chi connectivity index (χ2n) is 7.32. The van der Waals surface area contributed by atoms with Crippen LogP contribution in [0.15, 0.2) is 47.9 Å². The summed E-state index contributed by atoms with van der Waals surface area (Å²) in [5.74, 6) is -0.347. The number of hydrogen-bond donors (Lipinski definition) is 0. The molecule has 0 bridgehead atoms.